The molecule has 1 heterocycles. The summed E-state index contributed by atoms with van der Waals surface area (Å²) >= 11 is 5.18. The summed E-state index contributed by atoms with van der Waals surface area (Å²) in [6, 6.07) is 11.8. The average molecular weight is 311 g/mol. The van der Waals surface area contributed by atoms with Crippen LogP contribution in [-0.2, 0) is 7.05 Å². The van der Waals surface area contributed by atoms with Gasteiger partial charge in [-0.05, 0) is 44.3 Å². The monoisotopic (exact) mass is 311 g/mol. The van der Waals surface area contributed by atoms with Crippen molar-refractivity contribution in [1.29, 1.82) is 5.26 Å². The van der Waals surface area contributed by atoms with Crippen molar-refractivity contribution < 1.29 is 0 Å². The summed E-state index contributed by atoms with van der Waals surface area (Å²) in [6.07, 6.45) is 1.65. The summed E-state index contributed by atoms with van der Waals surface area (Å²) in [6.45, 7) is 3.97. The number of anilines is 1. The SMILES string of the molecule is Cc1ccc(NC(=S)N/N=C\c2cc(C#N)n(C)c2C)cc1. The Balaban J connectivity index is 1.96. The molecule has 0 fully saturated rings. The predicted octanol–water partition coefficient (Wildman–Crippen LogP) is 2.83. The second-order valence-electron chi connectivity index (χ2n) is 4.93. The molecule has 5 nitrogen and oxygen atoms in total. The molecule has 2 rings (SSSR count). The third-order valence-corrected chi connectivity index (χ3v) is 3.56. The summed E-state index contributed by atoms with van der Waals surface area (Å²) in [5.41, 5.74) is 7.31. The highest BCUT2D eigenvalue weighted by atomic mass is 32.1. The second-order valence-corrected chi connectivity index (χ2v) is 5.34. The van der Waals surface area contributed by atoms with E-state index in [4.69, 9.17) is 17.5 Å². The first kappa shape index (κ1) is 15.7. The predicted molar refractivity (Wildman–Crippen MR) is 93.0 cm³/mol. The molecular formula is C16H17N5S. The molecule has 0 aliphatic rings. The van der Waals surface area contributed by atoms with Gasteiger partial charge in [-0.25, -0.2) is 0 Å². The van der Waals surface area contributed by atoms with Crippen molar-refractivity contribution in [2.75, 3.05) is 5.32 Å². The van der Waals surface area contributed by atoms with Gasteiger partial charge in [0.05, 0.1) is 6.21 Å². The molecule has 112 valence electrons. The Morgan fingerprint density at radius 2 is 2.00 bits per heavy atom. The largest absolute Gasteiger partial charge is 0.339 e. The minimum absolute atomic E-state index is 0.411. The van der Waals surface area contributed by atoms with Gasteiger partial charge in [0, 0.05) is 24.0 Å². The van der Waals surface area contributed by atoms with Crippen LogP contribution in [0, 0.1) is 25.2 Å². The van der Waals surface area contributed by atoms with Crippen LogP contribution in [-0.4, -0.2) is 15.9 Å². The molecule has 0 amide bonds. The number of benzene rings is 1. The Labute approximate surface area is 135 Å². The molecule has 0 atom stereocenters. The average Bonchev–Trinajstić information content (AvgIpc) is 2.77. The van der Waals surface area contributed by atoms with Crippen molar-refractivity contribution in [2.24, 2.45) is 12.1 Å². The molecule has 0 saturated heterocycles. The lowest BCUT2D eigenvalue weighted by molar-refractivity contribution is 0.865. The van der Waals surface area contributed by atoms with E-state index in [0.29, 0.717) is 10.8 Å². The van der Waals surface area contributed by atoms with Crippen molar-refractivity contribution in [2.45, 2.75) is 13.8 Å². The minimum Gasteiger partial charge on any atom is -0.339 e. The molecule has 0 unspecified atom stereocenters. The van der Waals surface area contributed by atoms with Crippen molar-refractivity contribution in [1.82, 2.24) is 9.99 Å². The summed E-state index contributed by atoms with van der Waals surface area (Å²) in [5.74, 6) is 0. The molecule has 0 aliphatic carbocycles. The molecule has 0 radical (unpaired) electrons. The zero-order valence-corrected chi connectivity index (χ0v) is 13.5. The summed E-state index contributed by atoms with van der Waals surface area (Å²) in [7, 11) is 1.85. The standard InChI is InChI=1S/C16H17N5S/c1-11-4-6-14(7-5-11)19-16(22)20-18-10-13-8-15(9-17)21(3)12(13)2/h4-8,10H,1-3H3,(H2,19,20,22)/b18-10-. The maximum Gasteiger partial charge on any atom is 0.191 e. The van der Waals surface area contributed by atoms with E-state index in [1.807, 2.05) is 49.7 Å². The van der Waals surface area contributed by atoms with Gasteiger partial charge in [0.2, 0.25) is 0 Å². The number of nitriles is 1. The lowest BCUT2D eigenvalue weighted by Crippen LogP contribution is -2.23. The maximum absolute atomic E-state index is 8.99. The fraction of sp³-hybridized carbons (Fsp3) is 0.188. The fourth-order valence-electron chi connectivity index (χ4n) is 1.92. The number of nitrogens with one attached hydrogen (secondary N) is 2. The highest BCUT2D eigenvalue weighted by molar-refractivity contribution is 7.80. The molecule has 1 aromatic carbocycles. The van der Waals surface area contributed by atoms with Crippen LogP contribution in [0.5, 0.6) is 0 Å². The van der Waals surface area contributed by atoms with Gasteiger partial charge in [-0.3, -0.25) is 5.43 Å². The van der Waals surface area contributed by atoms with Crippen LogP contribution in [0.15, 0.2) is 35.4 Å². The second kappa shape index (κ2) is 6.87. The smallest absolute Gasteiger partial charge is 0.191 e. The number of hydrogen-bond donors (Lipinski definition) is 2. The van der Waals surface area contributed by atoms with Crippen LogP contribution in [0.2, 0.25) is 0 Å². The van der Waals surface area contributed by atoms with Gasteiger partial charge in [0.15, 0.2) is 5.11 Å². The number of nitrogens with zero attached hydrogens (tertiary/aromatic N) is 3. The Morgan fingerprint density at radius 3 is 2.59 bits per heavy atom. The molecule has 0 saturated carbocycles. The third-order valence-electron chi connectivity index (χ3n) is 3.37. The van der Waals surface area contributed by atoms with Gasteiger partial charge < -0.3 is 9.88 Å². The first-order valence-electron chi connectivity index (χ1n) is 6.74. The highest BCUT2D eigenvalue weighted by Gasteiger charge is 2.06. The molecule has 0 bridgehead atoms. The Bertz CT molecular complexity index is 750. The Hall–Kier alpha value is -2.65. The fourth-order valence-corrected chi connectivity index (χ4v) is 2.09. The maximum atomic E-state index is 8.99. The van der Waals surface area contributed by atoms with Gasteiger partial charge in [0.25, 0.3) is 0 Å². The van der Waals surface area contributed by atoms with E-state index in [-0.39, 0.29) is 0 Å². The number of hydrazone groups is 1. The molecule has 6 heteroatoms. The number of aryl methyl sites for hydroxylation is 1. The van der Waals surface area contributed by atoms with E-state index in [1.54, 1.807) is 12.3 Å². The molecule has 2 N–H and O–H groups in total. The lowest BCUT2D eigenvalue weighted by atomic mass is 10.2. The van der Waals surface area contributed by atoms with E-state index < -0.39 is 0 Å². The van der Waals surface area contributed by atoms with Gasteiger partial charge >= 0.3 is 0 Å². The van der Waals surface area contributed by atoms with Crippen LogP contribution in [0.4, 0.5) is 5.69 Å². The van der Waals surface area contributed by atoms with Crippen LogP contribution in [0.25, 0.3) is 0 Å². The molecule has 22 heavy (non-hydrogen) atoms. The van der Waals surface area contributed by atoms with Crippen LogP contribution >= 0.6 is 12.2 Å². The molecular weight excluding hydrogens is 294 g/mol. The zero-order chi connectivity index (χ0) is 16.1. The van der Waals surface area contributed by atoms with Crippen LogP contribution in [0.3, 0.4) is 0 Å². The minimum atomic E-state index is 0.411. The van der Waals surface area contributed by atoms with E-state index in [2.05, 4.69) is 21.9 Å². The van der Waals surface area contributed by atoms with Crippen LogP contribution < -0.4 is 10.7 Å². The van der Waals surface area contributed by atoms with Gasteiger partial charge in [-0.2, -0.15) is 10.4 Å². The summed E-state index contributed by atoms with van der Waals surface area (Å²) in [4.78, 5) is 0. The van der Waals surface area contributed by atoms with Gasteiger partial charge in [0.1, 0.15) is 11.8 Å². The van der Waals surface area contributed by atoms with E-state index in [1.165, 1.54) is 5.56 Å². The first-order valence-corrected chi connectivity index (χ1v) is 7.15. The Kier molecular flexibility index (Phi) is 4.92. The molecule has 0 spiro atoms. The van der Waals surface area contributed by atoms with Crippen molar-refractivity contribution in [3.8, 4) is 6.07 Å². The Morgan fingerprint density at radius 1 is 1.32 bits per heavy atom. The van der Waals surface area contributed by atoms with Gasteiger partial charge in [-0.1, -0.05) is 17.7 Å². The quantitative estimate of drug-likeness (QED) is 0.520. The number of aromatic nitrogens is 1. The number of thiocarbonyl (C=S) groups is 1. The van der Waals surface area contributed by atoms with Gasteiger partial charge in [-0.15, -0.1) is 0 Å². The van der Waals surface area contributed by atoms with Crippen molar-refractivity contribution in [3.05, 3.63) is 52.8 Å². The molecule has 1 aromatic heterocycles. The summed E-state index contributed by atoms with van der Waals surface area (Å²) in [5, 5.41) is 16.6. The lowest BCUT2D eigenvalue weighted by Gasteiger charge is -2.06. The highest BCUT2D eigenvalue weighted by Crippen LogP contribution is 2.11. The zero-order valence-electron chi connectivity index (χ0n) is 12.7. The first-order chi connectivity index (χ1) is 10.5. The van der Waals surface area contributed by atoms with E-state index in [9.17, 15) is 0 Å². The normalized spacial score (nSPS) is 10.5. The molecule has 2 aromatic rings. The van der Waals surface area contributed by atoms with Crippen molar-refractivity contribution >= 4 is 29.2 Å². The number of rotatable bonds is 3. The van der Waals surface area contributed by atoms with Crippen LogP contribution in [0.1, 0.15) is 22.5 Å². The topological polar surface area (TPSA) is 65.1 Å². The van der Waals surface area contributed by atoms with E-state index in [0.717, 1.165) is 16.9 Å². The number of hydrogen-bond acceptors (Lipinski definition) is 3. The summed E-state index contributed by atoms with van der Waals surface area (Å²) < 4.78 is 1.82. The molecule has 0 aliphatic heterocycles. The van der Waals surface area contributed by atoms with E-state index >= 15 is 0 Å². The van der Waals surface area contributed by atoms with Crippen molar-refractivity contribution in [3.63, 3.8) is 0 Å². The third kappa shape index (κ3) is 3.71.